The molecular formula is C8H8O3. The number of allylic oxidation sites excluding steroid dienone is 4. The molecule has 0 aliphatic heterocycles. The van der Waals surface area contributed by atoms with Crippen molar-refractivity contribution in [2.75, 3.05) is 0 Å². The first-order valence-electron chi connectivity index (χ1n) is 3.17. The molecule has 3 heteroatoms. The van der Waals surface area contributed by atoms with Crippen molar-refractivity contribution in [2.24, 2.45) is 5.92 Å². The van der Waals surface area contributed by atoms with Crippen molar-refractivity contribution < 1.29 is 15.0 Å². The maximum atomic E-state index is 10.3. The van der Waals surface area contributed by atoms with Gasteiger partial charge in [0.15, 0.2) is 0 Å². The average Bonchev–Trinajstić information content (AvgIpc) is 2.15. The van der Waals surface area contributed by atoms with Gasteiger partial charge in [-0.2, -0.15) is 0 Å². The van der Waals surface area contributed by atoms with Gasteiger partial charge in [0.1, 0.15) is 17.8 Å². The maximum absolute atomic E-state index is 10.3. The van der Waals surface area contributed by atoms with E-state index in [0.29, 0.717) is 6.29 Å². The van der Waals surface area contributed by atoms with Gasteiger partial charge in [0, 0.05) is 0 Å². The number of aliphatic hydroxyl groups excluding tert-OH is 2. The lowest BCUT2D eigenvalue weighted by Gasteiger charge is -1.99. The van der Waals surface area contributed by atoms with E-state index in [4.69, 9.17) is 10.2 Å². The average molecular weight is 152 g/mol. The minimum absolute atomic E-state index is 0.0286. The summed E-state index contributed by atoms with van der Waals surface area (Å²) in [6.45, 7) is 0. The van der Waals surface area contributed by atoms with Crippen molar-refractivity contribution in [3.63, 3.8) is 0 Å². The standard InChI is InChI=1S/C8H8O3/c9-5-6-1-2-7(10)3-4-8(6)11/h1-6,10-11H. The lowest BCUT2D eigenvalue weighted by molar-refractivity contribution is -0.109. The first-order chi connectivity index (χ1) is 5.24. The quantitative estimate of drug-likeness (QED) is 0.556. The monoisotopic (exact) mass is 152 g/mol. The first-order valence-corrected chi connectivity index (χ1v) is 3.17. The van der Waals surface area contributed by atoms with Crippen LogP contribution in [-0.2, 0) is 4.79 Å². The summed E-state index contributed by atoms with van der Waals surface area (Å²) >= 11 is 0. The summed E-state index contributed by atoms with van der Waals surface area (Å²) in [5.74, 6) is -0.655. The van der Waals surface area contributed by atoms with E-state index in [2.05, 4.69) is 0 Å². The van der Waals surface area contributed by atoms with Crippen LogP contribution in [-0.4, -0.2) is 16.5 Å². The van der Waals surface area contributed by atoms with Gasteiger partial charge in [0.2, 0.25) is 0 Å². The molecule has 1 unspecified atom stereocenters. The predicted molar refractivity (Wildman–Crippen MR) is 40.1 cm³/mol. The van der Waals surface area contributed by atoms with Crippen LogP contribution >= 0.6 is 0 Å². The molecule has 0 amide bonds. The van der Waals surface area contributed by atoms with Gasteiger partial charge in [-0.25, -0.2) is 0 Å². The molecule has 0 saturated carbocycles. The highest BCUT2D eigenvalue weighted by Crippen LogP contribution is 2.12. The van der Waals surface area contributed by atoms with Crippen molar-refractivity contribution in [3.05, 3.63) is 35.8 Å². The molecule has 1 rings (SSSR count). The highest BCUT2D eigenvalue weighted by molar-refractivity contribution is 5.62. The largest absolute Gasteiger partial charge is 0.511 e. The maximum Gasteiger partial charge on any atom is 0.134 e. The summed E-state index contributed by atoms with van der Waals surface area (Å²) in [6.07, 6.45) is 6.04. The molecule has 3 nitrogen and oxygen atoms in total. The van der Waals surface area contributed by atoms with Crippen LogP contribution in [0.2, 0.25) is 0 Å². The lowest BCUT2D eigenvalue weighted by atomic mass is 10.1. The van der Waals surface area contributed by atoms with E-state index in [-0.39, 0.29) is 11.5 Å². The van der Waals surface area contributed by atoms with E-state index in [1.165, 1.54) is 24.3 Å². The second-order valence-corrected chi connectivity index (χ2v) is 2.20. The zero-order valence-corrected chi connectivity index (χ0v) is 5.77. The van der Waals surface area contributed by atoms with E-state index in [0.717, 1.165) is 0 Å². The van der Waals surface area contributed by atoms with Crippen LogP contribution in [0.1, 0.15) is 0 Å². The summed E-state index contributed by atoms with van der Waals surface area (Å²) in [6, 6.07) is 0. The third-order valence-electron chi connectivity index (χ3n) is 1.39. The summed E-state index contributed by atoms with van der Waals surface area (Å²) in [4.78, 5) is 10.3. The number of carbonyl (C=O) groups is 1. The summed E-state index contributed by atoms with van der Waals surface area (Å²) in [5.41, 5.74) is 0. The Hall–Kier alpha value is -1.51. The Morgan fingerprint density at radius 3 is 2.73 bits per heavy atom. The molecule has 0 radical (unpaired) electrons. The van der Waals surface area contributed by atoms with Crippen LogP contribution < -0.4 is 0 Å². The highest BCUT2D eigenvalue weighted by Gasteiger charge is 2.09. The lowest BCUT2D eigenvalue weighted by Crippen LogP contribution is -2.00. The van der Waals surface area contributed by atoms with E-state index < -0.39 is 5.92 Å². The third-order valence-corrected chi connectivity index (χ3v) is 1.39. The molecule has 1 atom stereocenters. The van der Waals surface area contributed by atoms with Crippen LogP contribution in [0.5, 0.6) is 0 Å². The minimum atomic E-state index is -0.629. The number of carbonyl (C=O) groups excluding carboxylic acids is 1. The molecular weight excluding hydrogens is 144 g/mol. The van der Waals surface area contributed by atoms with E-state index in [9.17, 15) is 4.79 Å². The molecule has 0 fully saturated rings. The second-order valence-electron chi connectivity index (χ2n) is 2.20. The van der Waals surface area contributed by atoms with Gasteiger partial charge in [-0.15, -0.1) is 0 Å². The highest BCUT2D eigenvalue weighted by atomic mass is 16.3. The molecule has 0 aromatic carbocycles. The number of hydrogen-bond donors (Lipinski definition) is 2. The summed E-state index contributed by atoms with van der Waals surface area (Å²) in [5, 5.41) is 18.0. The van der Waals surface area contributed by atoms with Crippen molar-refractivity contribution in [2.45, 2.75) is 0 Å². The van der Waals surface area contributed by atoms with Crippen molar-refractivity contribution in [1.82, 2.24) is 0 Å². The summed E-state index contributed by atoms with van der Waals surface area (Å²) in [7, 11) is 0. The Kier molecular flexibility index (Phi) is 2.11. The fourth-order valence-corrected chi connectivity index (χ4v) is 0.753. The fourth-order valence-electron chi connectivity index (χ4n) is 0.753. The van der Waals surface area contributed by atoms with Crippen LogP contribution in [0.4, 0.5) is 0 Å². The summed E-state index contributed by atoms with van der Waals surface area (Å²) < 4.78 is 0. The fraction of sp³-hybridized carbons (Fsp3) is 0.125. The van der Waals surface area contributed by atoms with Gasteiger partial charge in [-0.05, 0) is 18.2 Å². The molecule has 0 saturated heterocycles. The van der Waals surface area contributed by atoms with Crippen molar-refractivity contribution in [1.29, 1.82) is 0 Å². The van der Waals surface area contributed by atoms with Crippen molar-refractivity contribution >= 4 is 6.29 Å². The van der Waals surface area contributed by atoms with Gasteiger partial charge in [-0.1, -0.05) is 6.08 Å². The minimum Gasteiger partial charge on any atom is -0.511 e. The van der Waals surface area contributed by atoms with Gasteiger partial charge in [0.05, 0.1) is 5.92 Å². The number of aliphatic hydroxyl groups is 2. The zero-order valence-electron chi connectivity index (χ0n) is 5.77. The molecule has 0 spiro atoms. The van der Waals surface area contributed by atoms with E-state index in [1.807, 2.05) is 0 Å². The zero-order chi connectivity index (χ0) is 8.27. The van der Waals surface area contributed by atoms with Gasteiger partial charge >= 0.3 is 0 Å². The molecule has 1 aliphatic rings. The molecule has 2 N–H and O–H groups in total. The van der Waals surface area contributed by atoms with E-state index >= 15 is 0 Å². The molecule has 0 aromatic heterocycles. The Bertz CT molecular complexity index is 248. The Labute approximate surface area is 64.0 Å². The molecule has 0 aromatic rings. The van der Waals surface area contributed by atoms with Gasteiger partial charge < -0.3 is 15.0 Å². The van der Waals surface area contributed by atoms with Crippen LogP contribution in [0.3, 0.4) is 0 Å². The Morgan fingerprint density at radius 2 is 2.09 bits per heavy atom. The topological polar surface area (TPSA) is 57.5 Å². The number of aldehydes is 1. The molecule has 58 valence electrons. The van der Waals surface area contributed by atoms with Gasteiger partial charge in [0.25, 0.3) is 0 Å². The molecule has 0 heterocycles. The molecule has 0 bridgehead atoms. The number of hydrogen-bond acceptors (Lipinski definition) is 3. The van der Waals surface area contributed by atoms with Crippen molar-refractivity contribution in [3.8, 4) is 0 Å². The smallest absolute Gasteiger partial charge is 0.134 e. The predicted octanol–water partition coefficient (Wildman–Crippen LogP) is 1.26. The molecule has 11 heavy (non-hydrogen) atoms. The van der Waals surface area contributed by atoms with Gasteiger partial charge in [-0.3, -0.25) is 0 Å². The SMILES string of the molecule is O=CC1C=CC(O)=CC=C1O. The normalized spacial score (nSPS) is 23.5. The second kappa shape index (κ2) is 3.05. The van der Waals surface area contributed by atoms with Crippen LogP contribution in [0.15, 0.2) is 35.8 Å². The number of rotatable bonds is 1. The van der Waals surface area contributed by atoms with Crippen LogP contribution in [0.25, 0.3) is 0 Å². The van der Waals surface area contributed by atoms with E-state index in [1.54, 1.807) is 0 Å². The first kappa shape index (κ1) is 7.60. The van der Waals surface area contributed by atoms with Crippen LogP contribution in [0, 0.1) is 5.92 Å². The molecule has 1 aliphatic carbocycles. The third kappa shape index (κ3) is 1.70. The Morgan fingerprint density at radius 1 is 1.36 bits per heavy atom. The Balaban J connectivity index is 2.92.